The Kier molecular flexibility index (Phi) is 5.10. The summed E-state index contributed by atoms with van der Waals surface area (Å²) in [6.45, 7) is 4.22. The van der Waals surface area contributed by atoms with Gasteiger partial charge in [-0.25, -0.2) is 4.39 Å². The van der Waals surface area contributed by atoms with Gasteiger partial charge in [-0.15, -0.1) is 0 Å². The minimum absolute atomic E-state index is 0.0724. The van der Waals surface area contributed by atoms with Gasteiger partial charge in [0.25, 0.3) is 5.91 Å². The molecule has 1 aromatic rings. The van der Waals surface area contributed by atoms with Crippen molar-refractivity contribution in [2.45, 2.75) is 32.7 Å². The molecule has 94 valence electrons. The fraction of sp³-hybridized carbons (Fsp3) is 0.462. The molecule has 3 nitrogen and oxygen atoms in total. The first kappa shape index (κ1) is 13.6. The Morgan fingerprint density at radius 1 is 1.53 bits per heavy atom. The van der Waals surface area contributed by atoms with E-state index in [0.29, 0.717) is 6.54 Å². The Labute approximate surface area is 101 Å². The van der Waals surface area contributed by atoms with Gasteiger partial charge < -0.3 is 11.1 Å². The molecule has 4 heteroatoms. The summed E-state index contributed by atoms with van der Waals surface area (Å²) in [5.74, 6) is -0.907. The van der Waals surface area contributed by atoms with Gasteiger partial charge in [-0.1, -0.05) is 25.0 Å². The smallest absolute Gasteiger partial charge is 0.254 e. The summed E-state index contributed by atoms with van der Waals surface area (Å²) < 4.78 is 13.4. The van der Waals surface area contributed by atoms with E-state index in [-0.39, 0.29) is 11.6 Å². The van der Waals surface area contributed by atoms with E-state index in [1.807, 2.05) is 13.8 Å². The van der Waals surface area contributed by atoms with Gasteiger partial charge in [-0.05, 0) is 25.5 Å². The molecule has 0 heterocycles. The third kappa shape index (κ3) is 4.15. The van der Waals surface area contributed by atoms with Crippen LogP contribution in [0.25, 0.3) is 0 Å². The quantitative estimate of drug-likeness (QED) is 0.824. The van der Waals surface area contributed by atoms with E-state index < -0.39 is 11.7 Å². The van der Waals surface area contributed by atoms with Gasteiger partial charge in [0.2, 0.25) is 0 Å². The third-order valence-corrected chi connectivity index (χ3v) is 2.55. The molecule has 3 N–H and O–H groups in total. The molecule has 1 amide bonds. The number of hydrogen-bond acceptors (Lipinski definition) is 2. The van der Waals surface area contributed by atoms with Gasteiger partial charge in [0.15, 0.2) is 0 Å². The highest BCUT2D eigenvalue weighted by Gasteiger charge is 2.12. The van der Waals surface area contributed by atoms with E-state index in [1.54, 1.807) is 6.07 Å². The zero-order valence-corrected chi connectivity index (χ0v) is 10.3. The van der Waals surface area contributed by atoms with E-state index in [9.17, 15) is 9.18 Å². The van der Waals surface area contributed by atoms with Gasteiger partial charge in [0.05, 0.1) is 5.56 Å². The highest BCUT2D eigenvalue weighted by molar-refractivity contribution is 5.94. The van der Waals surface area contributed by atoms with Crippen LogP contribution < -0.4 is 11.1 Å². The maximum Gasteiger partial charge on any atom is 0.254 e. The van der Waals surface area contributed by atoms with E-state index >= 15 is 0 Å². The van der Waals surface area contributed by atoms with E-state index in [1.165, 1.54) is 12.1 Å². The number of carbonyl (C=O) groups excluding carboxylic acids is 1. The van der Waals surface area contributed by atoms with Crippen molar-refractivity contribution in [1.82, 2.24) is 5.32 Å². The predicted octanol–water partition coefficient (Wildman–Crippen LogP) is 1.99. The molecule has 0 aliphatic rings. The lowest BCUT2D eigenvalue weighted by molar-refractivity contribution is 0.0946. The molecule has 0 saturated heterocycles. The molecule has 0 aliphatic heterocycles. The minimum Gasteiger partial charge on any atom is -0.350 e. The van der Waals surface area contributed by atoms with Crippen LogP contribution >= 0.6 is 0 Å². The topological polar surface area (TPSA) is 55.1 Å². The van der Waals surface area contributed by atoms with Crippen LogP contribution in [0.2, 0.25) is 0 Å². The average Bonchev–Trinajstić information content (AvgIpc) is 2.29. The molecular formula is C13H19FN2O. The van der Waals surface area contributed by atoms with Crippen LogP contribution in [-0.4, -0.2) is 18.5 Å². The fourth-order valence-electron chi connectivity index (χ4n) is 1.60. The maximum atomic E-state index is 13.4. The molecule has 1 unspecified atom stereocenters. The Hall–Kier alpha value is -1.42. The van der Waals surface area contributed by atoms with Crippen LogP contribution in [0.4, 0.5) is 4.39 Å². The number of nitrogens with one attached hydrogen (secondary N) is 1. The second-order valence-corrected chi connectivity index (χ2v) is 4.24. The van der Waals surface area contributed by atoms with Crippen molar-refractivity contribution in [3.05, 3.63) is 35.1 Å². The van der Waals surface area contributed by atoms with Gasteiger partial charge in [0, 0.05) is 12.6 Å². The Balaban J connectivity index is 2.61. The summed E-state index contributed by atoms with van der Waals surface area (Å²) in [4.78, 5) is 11.7. The van der Waals surface area contributed by atoms with Crippen molar-refractivity contribution in [2.75, 3.05) is 6.54 Å². The second kappa shape index (κ2) is 6.35. The molecule has 1 rings (SSSR count). The lowest BCUT2D eigenvalue weighted by atomic mass is 10.1. The lowest BCUT2D eigenvalue weighted by Gasteiger charge is -2.12. The summed E-state index contributed by atoms with van der Waals surface area (Å²) in [7, 11) is 0. The molecule has 0 fully saturated rings. The van der Waals surface area contributed by atoms with Crippen molar-refractivity contribution in [3.63, 3.8) is 0 Å². The first-order valence-corrected chi connectivity index (χ1v) is 5.84. The number of halogens is 1. The van der Waals surface area contributed by atoms with Crippen LogP contribution in [0.15, 0.2) is 18.2 Å². The third-order valence-electron chi connectivity index (χ3n) is 2.55. The summed E-state index contributed by atoms with van der Waals surface area (Å²) in [6.07, 6.45) is 1.81. The number of nitrogens with two attached hydrogens (primary N) is 1. The second-order valence-electron chi connectivity index (χ2n) is 4.24. The molecule has 0 aliphatic carbocycles. The minimum atomic E-state index is -0.503. The highest BCUT2D eigenvalue weighted by atomic mass is 19.1. The summed E-state index contributed by atoms with van der Waals surface area (Å²) in [5, 5.41) is 2.65. The molecule has 0 bridgehead atoms. The van der Waals surface area contributed by atoms with Crippen LogP contribution in [0.5, 0.6) is 0 Å². The SMILES string of the molecule is CCCC(N)CNC(=O)c1cc(C)ccc1F. The van der Waals surface area contributed by atoms with Crippen molar-refractivity contribution in [3.8, 4) is 0 Å². The molecule has 0 radical (unpaired) electrons. The molecule has 1 atom stereocenters. The molecule has 0 saturated carbocycles. The van der Waals surface area contributed by atoms with Crippen molar-refractivity contribution >= 4 is 5.91 Å². The monoisotopic (exact) mass is 238 g/mol. The van der Waals surface area contributed by atoms with E-state index in [2.05, 4.69) is 5.32 Å². The van der Waals surface area contributed by atoms with Gasteiger partial charge in [-0.2, -0.15) is 0 Å². The normalized spacial score (nSPS) is 12.2. The van der Waals surface area contributed by atoms with Crippen molar-refractivity contribution < 1.29 is 9.18 Å². The fourth-order valence-corrected chi connectivity index (χ4v) is 1.60. The number of carbonyl (C=O) groups is 1. The molecule has 0 aromatic heterocycles. The van der Waals surface area contributed by atoms with Crippen LogP contribution in [0, 0.1) is 12.7 Å². The Morgan fingerprint density at radius 3 is 2.88 bits per heavy atom. The van der Waals surface area contributed by atoms with Crippen molar-refractivity contribution in [2.24, 2.45) is 5.73 Å². The van der Waals surface area contributed by atoms with Crippen LogP contribution in [0.3, 0.4) is 0 Å². The van der Waals surface area contributed by atoms with E-state index in [0.717, 1.165) is 18.4 Å². The molecular weight excluding hydrogens is 219 g/mol. The summed E-state index contributed by atoms with van der Waals surface area (Å²) in [5.41, 5.74) is 6.70. The van der Waals surface area contributed by atoms with E-state index in [4.69, 9.17) is 5.73 Å². The lowest BCUT2D eigenvalue weighted by Crippen LogP contribution is -2.37. The zero-order valence-electron chi connectivity index (χ0n) is 10.3. The maximum absolute atomic E-state index is 13.4. The predicted molar refractivity (Wildman–Crippen MR) is 66.4 cm³/mol. The van der Waals surface area contributed by atoms with Crippen LogP contribution in [0.1, 0.15) is 35.7 Å². The number of rotatable bonds is 5. The zero-order chi connectivity index (χ0) is 12.8. The molecule has 0 spiro atoms. The van der Waals surface area contributed by atoms with Gasteiger partial charge in [0.1, 0.15) is 5.82 Å². The summed E-state index contributed by atoms with van der Waals surface area (Å²) in [6, 6.07) is 4.40. The first-order valence-electron chi connectivity index (χ1n) is 5.84. The average molecular weight is 238 g/mol. The number of hydrogen-bond donors (Lipinski definition) is 2. The number of aryl methyl sites for hydroxylation is 1. The first-order chi connectivity index (χ1) is 8.04. The Morgan fingerprint density at radius 2 is 2.24 bits per heavy atom. The number of benzene rings is 1. The number of amides is 1. The Bertz CT molecular complexity index is 393. The van der Waals surface area contributed by atoms with Gasteiger partial charge >= 0.3 is 0 Å². The highest BCUT2D eigenvalue weighted by Crippen LogP contribution is 2.09. The van der Waals surface area contributed by atoms with Gasteiger partial charge in [-0.3, -0.25) is 4.79 Å². The molecule has 17 heavy (non-hydrogen) atoms. The standard InChI is InChI=1S/C13H19FN2O/c1-3-4-10(15)8-16-13(17)11-7-9(2)5-6-12(11)14/h5-7,10H,3-4,8,15H2,1-2H3,(H,16,17). The molecule has 1 aromatic carbocycles. The van der Waals surface area contributed by atoms with Crippen LogP contribution in [-0.2, 0) is 0 Å². The summed E-state index contributed by atoms with van der Waals surface area (Å²) >= 11 is 0. The largest absolute Gasteiger partial charge is 0.350 e. The van der Waals surface area contributed by atoms with Crippen molar-refractivity contribution in [1.29, 1.82) is 0 Å².